The largest absolute Gasteiger partial charge is 0.328 e. The molecule has 18 heavy (non-hydrogen) atoms. The van der Waals surface area contributed by atoms with Crippen molar-refractivity contribution in [2.24, 2.45) is 0 Å². The summed E-state index contributed by atoms with van der Waals surface area (Å²) in [4.78, 5) is 20.5. The fourth-order valence-electron chi connectivity index (χ4n) is 1.62. The van der Waals surface area contributed by atoms with Crippen LogP contribution in [0.3, 0.4) is 0 Å². The van der Waals surface area contributed by atoms with E-state index in [2.05, 4.69) is 15.3 Å². The van der Waals surface area contributed by atoms with Crippen LogP contribution in [-0.4, -0.2) is 22.6 Å². The van der Waals surface area contributed by atoms with Gasteiger partial charge < -0.3 is 5.32 Å². The highest BCUT2D eigenvalue weighted by Gasteiger charge is 2.15. The third kappa shape index (κ3) is 2.20. The predicted octanol–water partition coefficient (Wildman–Crippen LogP) is 1.72. The molecule has 1 saturated heterocycles. The summed E-state index contributed by atoms with van der Waals surface area (Å²) >= 11 is 1.08. The Balaban J connectivity index is 1.99. The highest BCUT2D eigenvalue weighted by molar-refractivity contribution is 7.99. The number of nitrogens with zero attached hydrogens (tertiary/aromatic N) is 2. The highest BCUT2D eigenvalue weighted by Crippen LogP contribution is 2.24. The van der Waals surface area contributed by atoms with Crippen LogP contribution in [0.4, 0.5) is 0 Å². The quantitative estimate of drug-likeness (QED) is 0.624. The van der Waals surface area contributed by atoms with E-state index < -0.39 is 0 Å². The summed E-state index contributed by atoms with van der Waals surface area (Å²) in [7, 11) is 0. The summed E-state index contributed by atoms with van der Waals surface area (Å²) in [5.74, 6) is -0.120. The van der Waals surface area contributed by atoms with Crippen LogP contribution in [0, 0.1) is 0 Å². The van der Waals surface area contributed by atoms with Gasteiger partial charge in [0.25, 0.3) is 5.91 Å². The van der Waals surface area contributed by atoms with Crippen LogP contribution in [0.1, 0.15) is 5.56 Å². The molecule has 2 heterocycles. The zero-order valence-corrected chi connectivity index (χ0v) is 10.1. The van der Waals surface area contributed by atoms with E-state index in [9.17, 15) is 4.79 Å². The summed E-state index contributed by atoms with van der Waals surface area (Å²) < 4.78 is 5.10. The maximum absolute atomic E-state index is 11.6. The first-order valence-corrected chi connectivity index (χ1v) is 6.07. The molecule has 1 aromatic heterocycles. The summed E-state index contributed by atoms with van der Waals surface area (Å²) in [6.07, 6.45) is 5.07. The van der Waals surface area contributed by atoms with Crippen LogP contribution in [0.5, 0.6) is 0 Å². The summed E-state index contributed by atoms with van der Waals surface area (Å²) in [6.45, 7) is 0.240. The van der Waals surface area contributed by atoms with Gasteiger partial charge in [-0.25, -0.2) is 0 Å². The molecule has 0 spiro atoms. The Kier molecular flexibility index (Phi) is 2.95. The molecule has 0 saturated carbocycles. The van der Waals surface area contributed by atoms with Gasteiger partial charge in [-0.2, -0.15) is 0 Å². The predicted molar refractivity (Wildman–Crippen MR) is 69.2 cm³/mol. The Hall–Kier alpha value is -1.92. The van der Waals surface area contributed by atoms with Gasteiger partial charge in [-0.1, -0.05) is 6.07 Å². The molecule has 90 valence electrons. The lowest BCUT2D eigenvalue weighted by molar-refractivity contribution is -0.118. The molecule has 5 nitrogen and oxygen atoms in total. The molecule has 0 atom stereocenters. The minimum absolute atomic E-state index is 0.120. The van der Waals surface area contributed by atoms with Crippen LogP contribution in [0.2, 0.25) is 0 Å². The topological polar surface area (TPSA) is 64.1 Å². The van der Waals surface area contributed by atoms with Gasteiger partial charge in [0.15, 0.2) is 0 Å². The minimum Gasteiger partial charge on any atom is -0.328 e. The monoisotopic (exact) mass is 259 g/mol. The number of fused-ring (bicyclic) bond motifs is 1. The summed E-state index contributed by atoms with van der Waals surface area (Å²) in [5.41, 5.74) is 2.52. The van der Waals surface area contributed by atoms with E-state index >= 15 is 0 Å². The standard InChI is InChI=1S/C12H9N3O2S/c16-12-11(18-17-7-15-12)6-8-1-2-9-10(5-8)14-4-3-13-9/h1-6H,7H2,(H,15,16)/b11-6-. The van der Waals surface area contributed by atoms with Gasteiger partial charge in [-0.3, -0.25) is 18.9 Å². The number of rotatable bonds is 1. The van der Waals surface area contributed by atoms with E-state index in [4.69, 9.17) is 4.18 Å². The SMILES string of the molecule is O=C1NCOS/C1=C\c1ccc2nccnc2c1. The average molecular weight is 259 g/mol. The van der Waals surface area contributed by atoms with Gasteiger partial charge in [0, 0.05) is 24.4 Å². The maximum atomic E-state index is 11.6. The van der Waals surface area contributed by atoms with Gasteiger partial charge in [0.05, 0.1) is 11.0 Å². The van der Waals surface area contributed by atoms with Gasteiger partial charge in [0.2, 0.25) is 0 Å². The molecule has 1 aliphatic rings. The van der Waals surface area contributed by atoms with Crippen LogP contribution >= 0.6 is 12.0 Å². The lowest BCUT2D eigenvalue weighted by Gasteiger charge is -2.13. The minimum atomic E-state index is -0.120. The molecular weight excluding hydrogens is 250 g/mol. The highest BCUT2D eigenvalue weighted by atomic mass is 32.2. The molecule has 1 aliphatic heterocycles. The number of carbonyl (C=O) groups is 1. The Morgan fingerprint density at radius 3 is 2.94 bits per heavy atom. The van der Waals surface area contributed by atoms with E-state index in [0.717, 1.165) is 28.6 Å². The number of carbonyl (C=O) groups excluding carboxylic acids is 1. The van der Waals surface area contributed by atoms with E-state index in [1.807, 2.05) is 18.2 Å². The normalized spacial score (nSPS) is 18.0. The molecule has 1 amide bonds. The maximum Gasteiger partial charge on any atom is 0.261 e. The molecule has 6 heteroatoms. The van der Waals surface area contributed by atoms with E-state index in [-0.39, 0.29) is 12.6 Å². The van der Waals surface area contributed by atoms with Crippen LogP contribution in [0.25, 0.3) is 17.1 Å². The smallest absolute Gasteiger partial charge is 0.261 e. The number of benzene rings is 1. The van der Waals surface area contributed by atoms with Gasteiger partial charge >= 0.3 is 0 Å². The van der Waals surface area contributed by atoms with Crippen molar-refractivity contribution < 1.29 is 8.98 Å². The lowest BCUT2D eigenvalue weighted by atomic mass is 10.2. The Morgan fingerprint density at radius 2 is 2.11 bits per heavy atom. The number of hydrogen-bond donors (Lipinski definition) is 1. The molecule has 0 bridgehead atoms. The van der Waals surface area contributed by atoms with Crippen LogP contribution in [0.15, 0.2) is 35.5 Å². The van der Waals surface area contributed by atoms with Crippen molar-refractivity contribution in [2.75, 3.05) is 6.73 Å². The summed E-state index contributed by atoms with van der Waals surface area (Å²) in [5, 5.41) is 2.61. The van der Waals surface area contributed by atoms with Crippen molar-refractivity contribution in [3.63, 3.8) is 0 Å². The first-order chi connectivity index (χ1) is 8.83. The van der Waals surface area contributed by atoms with Crippen molar-refractivity contribution in [2.45, 2.75) is 0 Å². The van der Waals surface area contributed by atoms with Crippen molar-refractivity contribution in [3.8, 4) is 0 Å². The third-order valence-electron chi connectivity index (χ3n) is 2.46. The third-order valence-corrected chi connectivity index (χ3v) is 3.17. The average Bonchev–Trinajstić information content (AvgIpc) is 2.41. The molecule has 3 rings (SSSR count). The molecule has 0 unspecified atom stereocenters. The first-order valence-electron chi connectivity index (χ1n) is 5.33. The van der Waals surface area contributed by atoms with Crippen molar-refractivity contribution in [3.05, 3.63) is 41.1 Å². The fourth-order valence-corrected chi connectivity index (χ4v) is 2.20. The summed E-state index contributed by atoms with van der Waals surface area (Å²) in [6, 6.07) is 5.66. The zero-order chi connectivity index (χ0) is 12.4. The van der Waals surface area contributed by atoms with Crippen molar-refractivity contribution >= 4 is 35.1 Å². The van der Waals surface area contributed by atoms with Crippen LogP contribution < -0.4 is 5.32 Å². The molecule has 0 radical (unpaired) electrons. The number of amides is 1. The molecule has 1 fully saturated rings. The first kappa shape index (κ1) is 11.2. The van der Waals surface area contributed by atoms with Crippen molar-refractivity contribution in [1.82, 2.24) is 15.3 Å². The Morgan fingerprint density at radius 1 is 1.28 bits per heavy atom. The van der Waals surface area contributed by atoms with Gasteiger partial charge in [-0.05, 0) is 23.8 Å². The molecule has 1 aromatic carbocycles. The van der Waals surface area contributed by atoms with Gasteiger partial charge in [-0.15, -0.1) is 0 Å². The second kappa shape index (κ2) is 4.75. The molecule has 1 N–H and O–H groups in total. The lowest BCUT2D eigenvalue weighted by Crippen LogP contribution is -2.29. The van der Waals surface area contributed by atoms with Crippen LogP contribution in [-0.2, 0) is 8.98 Å². The number of hydrogen-bond acceptors (Lipinski definition) is 5. The molecule has 0 aliphatic carbocycles. The zero-order valence-electron chi connectivity index (χ0n) is 9.29. The Bertz CT molecular complexity index is 642. The van der Waals surface area contributed by atoms with E-state index in [1.54, 1.807) is 18.5 Å². The Labute approximate surface area is 107 Å². The second-order valence-electron chi connectivity index (χ2n) is 3.66. The fraction of sp³-hybridized carbons (Fsp3) is 0.0833. The molecular formula is C12H9N3O2S. The number of aromatic nitrogens is 2. The van der Waals surface area contributed by atoms with Gasteiger partial charge in [0.1, 0.15) is 11.6 Å². The second-order valence-corrected chi connectivity index (χ2v) is 4.51. The van der Waals surface area contributed by atoms with E-state index in [0.29, 0.717) is 4.91 Å². The number of nitrogens with one attached hydrogen (secondary N) is 1. The van der Waals surface area contributed by atoms with Crippen molar-refractivity contribution in [1.29, 1.82) is 0 Å². The molecule has 2 aromatic rings. The van der Waals surface area contributed by atoms with E-state index in [1.165, 1.54) is 0 Å².